The number of ether oxygens (including phenoxy) is 1. The van der Waals surface area contributed by atoms with Crippen LogP contribution in [0.2, 0.25) is 0 Å². The molecule has 0 saturated carbocycles. The zero-order valence-corrected chi connectivity index (χ0v) is 10.9. The van der Waals surface area contributed by atoms with Gasteiger partial charge < -0.3 is 10.1 Å². The predicted octanol–water partition coefficient (Wildman–Crippen LogP) is 3.58. The van der Waals surface area contributed by atoms with Crippen LogP contribution in [0.3, 0.4) is 0 Å². The number of hydrogen-bond acceptors (Lipinski definition) is 3. The van der Waals surface area contributed by atoms with Crippen molar-refractivity contribution in [3.05, 3.63) is 23.3 Å². The second-order valence-electron chi connectivity index (χ2n) is 3.98. The average molecular weight is 326 g/mol. The maximum atomic E-state index is 12.9. The largest absolute Gasteiger partial charge is 0.495 e. The molecule has 0 atom stereocenters. The Morgan fingerprint density at radius 3 is 2.23 bits per heavy atom. The fourth-order valence-electron chi connectivity index (χ4n) is 1.55. The normalized spacial score (nSPS) is 11.7. The summed E-state index contributed by atoms with van der Waals surface area (Å²) >= 11 is 0. The smallest absolute Gasteiger partial charge is 0.418 e. The van der Waals surface area contributed by atoms with Crippen molar-refractivity contribution in [2.75, 3.05) is 12.4 Å². The van der Waals surface area contributed by atoms with E-state index in [1.165, 1.54) is 6.07 Å². The van der Waals surface area contributed by atoms with Crippen molar-refractivity contribution in [2.45, 2.75) is 18.8 Å². The van der Waals surface area contributed by atoms with E-state index >= 15 is 0 Å². The molecule has 0 aromatic heterocycles. The summed E-state index contributed by atoms with van der Waals surface area (Å²) in [5, 5.41) is 10.1. The molecule has 1 rings (SSSR count). The molecule has 0 heterocycles. The lowest BCUT2D eigenvalue weighted by Gasteiger charge is -2.19. The molecule has 0 saturated heterocycles. The number of rotatable bonds is 3. The Morgan fingerprint density at radius 2 is 1.82 bits per heavy atom. The van der Waals surface area contributed by atoms with Gasteiger partial charge in [-0.3, -0.25) is 4.79 Å². The average Bonchev–Trinajstić information content (AvgIpc) is 2.36. The lowest BCUT2D eigenvalue weighted by atomic mass is 10.1. The fraction of sp³-hybridized carbons (Fsp3) is 0.333. The fourth-order valence-corrected chi connectivity index (χ4v) is 1.55. The lowest BCUT2D eigenvalue weighted by Crippen LogP contribution is -2.18. The van der Waals surface area contributed by atoms with Crippen molar-refractivity contribution < 1.29 is 35.9 Å². The molecule has 0 bridgehead atoms. The van der Waals surface area contributed by atoms with Gasteiger partial charge >= 0.3 is 12.4 Å². The highest BCUT2D eigenvalue weighted by molar-refractivity contribution is 5.94. The molecule has 4 nitrogen and oxygen atoms in total. The Bertz CT molecular complexity index is 616. The van der Waals surface area contributed by atoms with Crippen molar-refractivity contribution in [2.24, 2.45) is 0 Å². The third-order valence-electron chi connectivity index (χ3n) is 2.46. The number of anilines is 1. The number of nitrogens with one attached hydrogen (secondary N) is 1. The summed E-state index contributed by atoms with van der Waals surface area (Å²) in [6, 6.07) is 1.60. The molecule has 0 aliphatic carbocycles. The topological polar surface area (TPSA) is 62.1 Å². The zero-order valence-electron chi connectivity index (χ0n) is 10.9. The van der Waals surface area contributed by atoms with E-state index in [9.17, 15) is 31.1 Å². The van der Waals surface area contributed by atoms with E-state index in [1.807, 2.05) is 0 Å². The predicted molar refractivity (Wildman–Crippen MR) is 61.9 cm³/mol. The van der Waals surface area contributed by atoms with Gasteiger partial charge in [0.25, 0.3) is 0 Å². The summed E-state index contributed by atoms with van der Waals surface area (Å²) in [6.45, 7) is 0. The number of amides is 1. The first-order chi connectivity index (χ1) is 10.0. The van der Waals surface area contributed by atoms with E-state index in [0.29, 0.717) is 6.07 Å². The van der Waals surface area contributed by atoms with Crippen LogP contribution in [0.5, 0.6) is 5.75 Å². The summed E-state index contributed by atoms with van der Waals surface area (Å²) in [5.74, 6) is -1.92. The molecule has 0 unspecified atom stereocenters. The number of benzene rings is 1. The maximum Gasteiger partial charge on any atom is 0.418 e. The molecule has 1 aromatic carbocycles. The summed E-state index contributed by atoms with van der Waals surface area (Å²) in [4.78, 5) is 11.3. The molecule has 1 aromatic rings. The molecular formula is C12H8F6N2O2. The first-order valence-electron chi connectivity index (χ1n) is 5.54. The highest BCUT2D eigenvalue weighted by atomic mass is 19.4. The molecule has 0 spiro atoms. The Hall–Kier alpha value is -2.44. The number of alkyl halides is 6. The van der Waals surface area contributed by atoms with Gasteiger partial charge in [-0.05, 0) is 12.1 Å². The van der Waals surface area contributed by atoms with Crippen molar-refractivity contribution in [3.63, 3.8) is 0 Å². The number of methoxy groups -OCH3 is 1. The second kappa shape index (κ2) is 6.13. The third kappa shape index (κ3) is 4.03. The quantitative estimate of drug-likeness (QED) is 0.864. The molecular weight excluding hydrogens is 318 g/mol. The van der Waals surface area contributed by atoms with Gasteiger partial charge in [-0.1, -0.05) is 0 Å². The number of nitrogens with zero attached hydrogens (tertiary/aromatic N) is 1. The van der Waals surface area contributed by atoms with Crippen LogP contribution in [-0.2, 0) is 17.1 Å². The van der Waals surface area contributed by atoms with E-state index in [1.54, 1.807) is 5.32 Å². The van der Waals surface area contributed by atoms with Crippen LogP contribution < -0.4 is 10.1 Å². The summed E-state index contributed by atoms with van der Waals surface area (Å²) in [7, 11) is 0.857. The standard InChI is InChI=1S/C12H8F6N2O2/c1-22-8-5-6(11(13,14)15)4-7(12(16,17)18)10(8)20-9(21)2-3-19/h4-5H,2H2,1H3,(H,20,21). The van der Waals surface area contributed by atoms with Crippen LogP contribution in [0.4, 0.5) is 32.0 Å². The summed E-state index contributed by atoms with van der Waals surface area (Å²) < 4.78 is 81.2. The van der Waals surface area contributed by atoms with Crippen LogP contribution >= 0.6 is 0 Å². The number of carbonyl (C=O) groups is 1. The Labute approximate surface area is 120 Å². The van der Waals surface area contributed by atoms with Gasteiger partial charge in [0.15, 0.2) is 0 Å². The SMILES string of the molecule is COc1cc(C(F)(F)F)cc(C(F)(F)F)c1NC(=O)CC#N. The van der Waals surface area contributed by atoms with E-state index in [-0.39, 0.29) is 6.07 Å². The van der Waals surface area contributed by atoms with Crippen LogP contribution in [0, 0.1) is 11.3 Å². The summed E-state index contributed by atoms with van der Waals surface area (Å²) in [6.07, 6.45) is -11.0. The van der Waals surface area contributed by atoms with Crippen molar-refractivity contribution in [3.8, 4) is 11.8 Å². The van der Waals surface area contributed by atoms with Crippen molar-refractivity contribution in [1.29, 1.82) is 5.26 Å². The molecule has 10 heteroatoms. The first kappa shape index (κ1) is 17.6. The maximum absolute atomic E-state index is 12.9. The van der Waals surface area contributed by atoms with Gasteiger partial charge in [-0.15, -0.1) is 0 Å². The zero-order chi connectivity index (χ0) is 17.1. The molecule has 1 amide bonds. The minimum Gasteiger partial charge on any atom is -0.495 e. The lowest BCUT2D eigenvalue weighted by molar-refractivity contribution is -0.142. The van der Waals surface area contributed by atoms with Crippen molar-refractivity contribution in [1.82, 2.24) is 0 Å². The van der Waals surface area contributed by atoms with E-state index in [0.717, 1.165) is 7.11 Å². The number of nitriles is 1. The Balaban J connectivity index is 3.53. The third-order valence-corrected chi connectivity index (χ3v) is 2.46. The minimum absolute atomic E-state index is 0.134. The highest BCUT2D eigenvalue weighted by Gasteiger charge is 2.40. The van der Waals surface area contributed by atoms with E-state index < -0.39 is 47.2 Å². The van der Waals surface area contributed by atoms with Crippen LogP contribution in [0.1, 0.15) is 17.5 Å². The van der Waals surface area contributed by atoms with Crippen LogP contribution in [0.15, 0.2) is 12.1 Å². The van der Waals surface area contributed by atoms with E-state index in [2.05, 4.69) is 4.74 Å². The van der Waals surface area contributed by atoms with Gasteiger partial charge in [-0.25, -0.2) is 0 Å². The molecule has 0 radical (unpaired) electrons. The molecule has 0 aliphatic rings. The van der Waals surface area contributed by atoms with Crippen LogP contribution in [0.25, 0.3) is 0 Å². The minimum atomic E-state index is -5.16. The highest BCUT2D eigenvalue weighted by Crippen LogP contribution is 2.44. The Kier molecular flexibility index (Phi) is 4.91. The number of hydrogen-bond donors (Lipinski definition) is 1. The van der Waals surface area contributed by atoms with Gasteiger partial charge in [0.2, 0.25) is 5.91 Å². The second-order valence-corrected chi connectivity index (χ2v) is 3.98. The van der Waals surface area contributed by atoms with E-state index in [4.69, 9.17) is 5.26 Å². The Morgan fingerprint density at radius 1 is 1.23 bits per heavy atom. The van der Waals surface area contributed by atoms with Gasteiger partial charge in [0, 0.05) is 0 Å². The molecule has 0 aliphatic heterocycles. The monoisotopic (exact) mass is 326 g/mol. The van der Waals surface area contributed by atoms with Gasteiger partial charge in [0.1, 0.15) is 12.2 Å². The molecule has 1 N–H and O–H groups in total. The molecule has 22 heavy (non-hydrogen) atoms. The number of carbonyl (C=O) groups excluding carboxylic acids is 1. The first-order valence-corrected chi connectivity index (χ1v) is 5.54. The van der Waals surface area contributed by atoms with Gasteiger partial charge in [-0.2, -0.15) is 31.6 Å². The van der Waals surface area contributed by atoms with Crippen molar-refractivity contribution >= 4 is 11.6 Å². The molecule has 0 fully saturated rings. The van der Waals surface area contributed by atoms with Crippen LogP contribution in [-0.4, -0.2) is 13.0 Å². The molecule has 120 valence electrons. The number of halogens is 6. The van der Waals surface area contributed by atoms with Gasteiger partial charge in [0.05, 0.1) is 30.0 Å². The summed E-state index contributed by atoms with van der Waals surface area (Å²) in [5.41, 5.74) is -4.26.